The number of carbonyl (C=O) groups excluding carboxylic acids is 1. The Labute approximate surface area is 175 Å². The van der Waals surface area contributed by atoms with Crippen LogP contribution in [-0.4, -0.2) is 39.7 Å². The molecule has 1 amide bonds. The highest BCUT2D eigenvalue weighted by atomic mass is 32.1. The molecule has 30 heavy (non-hydrogen) atoms. The van der Waals surface area contributed by atoms with Crippen molar-refractivity contribution in [1.29, 1.82) is 0 Å². The minimum absolute atomic E-state index is 0.0156. The molecule has 0 aliphatic heterocycles. The molecule has 0 saturated heterocycles. The van der Waals surface area contributed by atoms with Crippen molar-refractivity contribution in [2.45, 2.75) is 20.0 Å². The highest BCUT2D eigenvalue weighted by Gasteiger charge is 2.19. The van der Waals surface area contributed by atoms with E-state index in [0.29, 0.717) is 6.54 Å². The topological polar surface area (TPSA) is 132 Å². The number of rotatable bonds is 7. The van der Waals surface area contributed by atoms with E-state index in [0.717, 1.165) is 9.56 Å². The number of anilines is 3. The summed E-state index contributed by atoms with van der Waals surface area (Å²) in [6.45, 7) is 2.28. The van der Waals surface area contributed by atoms with E-state index in [9.17, 15) is 19.2 Å². The van der Waals surface area contributed by atoms with E-state index in [1.54, 1.807) is 6.92 Å². The van der Waals surface area contributed by atoms with Crippen molar-refractivity contribution < 1.29 is 4.79 Å². The first-order valence-electron chi connectivity index (χ1n) is 9.16. The SMILES string of the molecule is CCn1[nH]c(=O)c(NCc2cccs2)c(Nc2c[nH]cc(C(=O)N(C)C)c2=O)c1=O. The van der Waals surface area contributed by atoms with Crippen LogP contribution in [0.2, 0.25) is 0 Å². The number of thiophene rings is 1. The fourth-order valence-electron chi connectivity index (χ4n) is 2.79. The van der Waals surface area contributed by atoms with Crippen LogP contribution in [0.5, 0.6) is 0 Å². The number of H-pyrrole nitrogens is 2. The summed E-state index contributed by atoms with van der Waals surface area (Å²) >= 11 is 1.50. The van der Waals surface area contributed by atoms with Crippen molar-refractivity contribution in [3.05, 3.63) is 71.3 Å². The van der Waals surface area contributed by atoms with Gasteiger partial charge in [0.2, 0.25) is 5.43 Å². The molecule has 3 rings (SSSR count). The van der Waals surface area contributed by atoms with Crippen LogP contribution in [0.1, 0.15) is 22.2 Å². The first-order valence-corrected chi connectivity index (χ1v) is 10.0. The van der Waals surface area contributed by atoms with Crippen LogP contribution in [0.3, 0.4) is 0 Å². The molecule has 0 fully saturated rings. The summed E-state index contributed by atoms with van der Waals surface area (Å²) in [5.74, 6) is -0.479. The summed E-state index contributed by atoms with van der Waals surface area (Å²) in [5, 5.41) is 10.2. The predicted molar refractivity (Wildman–Crippen MR) is 117 cm³/mol. The van der Waals surface area contributed by atoms with Crippen LogP contribution in [0.4, 0.5) is 17.1 Å². The molecule has 3 aromatic rings. The molecule has 11 heteroatoms. The standard InChI is InChI=1S/C19H22N6O4S/c1-4-25-19(29)15(14(17(27)23-25)21-8-11-6-5-7-30-11)22-13-10-20-9-12(16(13)26)18(28)24(2)3/h5-7,9-10,21-22H,4,8H2,1-3H3,(H,20,26)(H,23,27). The maximum atomic E-state index is 12.9. The zero-order chi connectivity index (χ0) is 21.8. The van der Waals surface area contributed by atoms with Crippen molar-refractivity contribution in [2.24, 2.45) is 0 Å². The van der Waals surface area contributed by atoms with E-state index in [1.165, 1.54) is 42.7 Å². The second-order valence-corrected chi connectivity index (χ2v) is 7.64. The number of carbonyl (C=O) groups is 1. The van der Waals surface area contributed by atoms with E-state index in [4.69, 9.17) is 0 Å². The molecule has 0 bridgehead atoms. The number of hydrogen-bond donors (Lipinski definition) is 4. The number of hydrogen-bond acceptors (Lipinski definition) is 7. The number of pyridine rings is 1. The lowest BCUT2D eigenvalue weighted by molar-refractivity contribution is 0.0826. The third kappa shape index (κ3) is 4.20. The zero-order valence-electron chi connectivity index (χ0n) is 16.7. The van der Waals surface area contributed by atoms with Gasteiger partial charge in [-0.3, -0.25) is 24.3 Å². The number of aromatic amines is 2. The molecule has 0 atom stereocenters. The minimum Gasteiger partial charge on any atom is -0.374 e. The van der Waals surface area contributed by atoms with Crippen LogP contribution in [0.25, 0.3) is 0 Å². The largest absolute Gasteiger partial charge is 0.374 e. The van der Waals surface area contributed by atoms with Gasteiger partial charge >= 0.3 is 0 Å². The van der Waals surface area contributed by atoms with Gasteiger partial charge in [0.1, 0.15) is 22.6 Å². The summed E-state index contributed by atoms with van der Waals surface area (Å²) < 4.78 is 1.14. The number of aromatic nitrogens is 3. The van der Waals surface area contributed by atoms with E-state index in [-0.39, 0.29) is 29.2 Å². The third-order valence-electron chi connectivity index (χ3n) is 4.35. The van der Waals surface area contributed by atoms with Gasteiger partial charge in [0, 0.05) is 44.5 Å². The molecule has 0 saturated carbocycles. The lowest BCUT2D eigenvalue weighted by atomic mass is 10.2. The highest BCUT2D eigenvalue weighted by Crippen LogP contribution is 2.18. The maximum absolute atomic E-state index is 12.9. The Morgan fingerprint density at radius 3 is 2.60 bits per heavy atom. The van der Waals surface area contributed by atoms with Gasteiger partial charge in [-0.15, -0.1) is 11.3 Å². The number of nitrogens with one attached hydrogen (secondary N) is 4. The van der Waals surface area contributed by atoms with E-state index in [2.05, 4.69) is 20.7 Å². The van der Waals surface area contributed by atoms with Crippen molar-refractivity contribution in [2.75, 3.05) is 24.7 Å². The van der Waals surface area contributed by atoms with Crippen LogP contribution >= 0.6 is 11.3 Å². The zero-order valence-corrected chi connectivity index (χ0v) is 17.6. The molecule has 0 unspecified atom stereocenters. The van der Waals surface area contributed by atoms with Crippen LogP contribution < -0.4 is 27.2 Å². The monoisotopic (exact) mass is 430 g/mol. The first kappa shape index (κ1) is 21.1. The van der Waals surface area contributed by atoms with Gasteiger partial charge in [-0.05, 0) is 18.4 Å². The van der Waals surface area contributed by atoms with Crippen LogP contribution in [-0.2, 0) is 13.1 Å². The van der Waals surface area contributed by atoms with Crippen molar-refractivity contribution in [3.8, 4) is 0 Å². The molecule has 4 N–H and O–H groups in total. The van der Waals surface area contributed by atoms with Crippen LogP contribution in [0, 0.1) is 0 Å². The molecular formula is C19H22N6O4S. The fourth-order valence-corrected chi connectivity index (χ4v) is 3.44. The van der Waals surface area contributed by atoms with E-state index >= 15 is 0 Å². The van der Waals surface area contributed by atoms with Gasteiger partial charge in [-0.25, -0.2) is 4.68 Å². The number of amides is 1. The molecule has 0 aromatic carbocycles. The average Bonchev–Trinajstić information content (AvgIpc) is 3.24. The Kier molecular flexibility index (Phi) is 6.21. The Bertz CT molecular complexity index is 1220. The normalized spacial score (nSPS) is 10.6. The van der Waals surface area contributed by atoms with Gasteiger partial charge in [0.15, 0.2) is 0 Å². The predicted octanol–water partition coefficient (Wildman–Crippen LogP) is 1.36. The van der Waals surface area contributed by atoms with Crippen molar-refractivity contribution in [3.63, 3.8) is 0 Å². The molecule has 10 nitrogen and oxygen atoms in total. The second-order valence-electron chi connectivity index (χ2n) is 6.61. The van der Waals surface area contributed by atoms with Crippen LogP contribution in [0.15, 0.2) is 44.3 Å². The average molecular weight is 430 g/mol. The number of nitrogens with zero attached hydrogens (tertiary/aromatic N) is 2. The quantitative estimate of drug-likeness (QED) is 0.448. The van der Waals surface area contributed by atoms with E-state index in [1.807, 2.05) is 17.5 Å². The molecule has 3 heterocycles. The van der Waals surface area contributed by atoms with Crippen molar-refractivity contribution in [1.82, 2.24) is 19.7 Å². The van der Waals surface area contributed by atoms with Gasteiger partial charge < -0.3 is 20.5 Å². The molecule has 3 aromatic heterocycles. The lowest BCUT2D eigenvalue weighted by Gasteiger charge is -2.15. The van der Waals surface area contributed by atoms with Gasteiger partial charge in [0.25, 0.3) is 17.0 Å². The summed E-state index contributed by atoms with van der Waals surface area (Å²) in [7, 11) is 3.07. The summed E-state index contributed by atoms with van der Waals surface area (Å²) in [5.41, 5.74) is -1.76. The van der Waals surface area contributed by atoms with Crippen molar-refractivity contribution >= 4 is 34.3 Å². The Balaban J connectivity index is 2.07. The summed E-state index contributed by atoms with van der Waals surface area (Å²) in [4.78, 5) is 55.5. The molecule has 0 radical (unpaired) electrons. The molecule has 0 spiro atoms. The second kappa shape index (κ2) is 8.82. The molecule has 0 aliphatic rings. The van der Waals surface area contributed by atoms with Gasteiger partial charge in [0.05, 0.1) is 0 Å². The minimum atomic E-state index is -0.584. The van der Waals surface area contributed by atoms with Gasteiger partial charge in [-0.1, -0.05) is 6.07 Å². The number of aryl methyl sites for hydroxylation is 1. The fraction of sp³-hybridized carbons (Fsp3) is 0.263. The van der Waals surface area contributed by atoms with Gasteiger partial charge in [-0.2, -0.15) is 0 Å². The summed E-state index contributed by atoms with van der Waals surface area (Å²) in [6, 6.07) is 3.78. The lowest BCUT2D eigenvalue weighted by Crippen LogP contribution is -2.34. The van der Waals surface area contributed by atoms with E-state index < -0.39 is 22.5 Å². The summed E-state index contributed by atoms with van der Waals surface area (Å²) in [6.07, 6.45) is 2.64. The smallest absolute Gasteiger partial charge is 0.291 e. The Hall–Kier alpha value is -3.60. The molecular weight excluding hydrogens is 408 g/mol. The first-order chi connectivity index (χ1) is 14.3. The molecule has 0 aliphatic carbocycles. The molecule has 158 valence electrons. The Morgan fingerprint density at radius 1 is 1.20 bits per heavy atom. The highest BCUT2D eigenvalue weighted by molar-refractivity contribution is 7.09. The Morgan fingerprint density at radius 2 is 1.97 bits per heavy atom. The third-order valence-corrected chi connectivity index (χ3v) is 5.23. The maximum Gasteiger partial charge on any atom is 0.291 e.